The minimum Gasteiger partial charge on any atom is -0.480 e. The Kier molecular flexibility index (Phi) is 5.03. The van der Waals surface area contributed by atoms with Crippen molar-refractivity contribution in [1.29, 1.82) is 0 Å². The average Bonchev–Trinajstić information content (AvgIpc) is 2.35. The van der Waals surface area contributed by atoms with Gasteiger partial charge >= 0.3 is 5.97 Å². The first kappa shape index (κ1) is 15.1. The number of nitrogens with one attached hydrogen (secondary N) is 1. The van der Waals surface area contributed by atoms with Gasteiger partial charge in [-0.2, -0.15) is 0 Å². The van der Waals surface area contributed by atoms with E-state index < -0.39 is 23.2 Å². The topological polar surface area (TPSA) is 66.4 Å². The Morgan fingerprint density at radius 2 is 1.95 bits per heavy atom. The van der Waals surface area contributed by atoms with Gasteiger partial charge in [0.05, 0.1) is 6.42 Å². The highest BCUT2D eigenvalue weighted by molar-refractivity contribution is 5.87. The van der Waals surface area contributed by atoms with Gasteiger partial charge in [-0.05, 0) is 30.5 Å². The number of carboxylic acid groups (broad SMARTS) is 1. The van der Waals surface area contributed by atoms with E-state index in [0.29, 0.717) is 18.4 Å². The van der Waals surface area contributed by atoms with E-state index in [1.807, 2.05) is 0 Å². The van der Waals surface area contributed by atoms with E-state index in [2.05, 4.69) is 5.32 Å². The average molecular weight is 267 g/mol. The monoisotopic (exact) mass is 267 g/mol. The summed E-state index contributed by atoms with van der Waals surface area (Å²) in [5, 5.41) is 11.7. The summed E-state index contributed by atoms with van der Waals surface area (Å²) in [5.41, 5.74) is -0.728. The van der Waals surface area contributed by atoms with Crippen LogP contribution in [0.25, 0.3) is 0 Å². The Morgan fingerprint density at radius 1 is 1.32 bits per heavy atom. The molecule has 1 aromatic carbocycles. The van der Waals surface area contributed by atoms with E-state index in [-0.39, 0.29) is 6.42 Å². The second-order valence-electron chi connectivity index (χ2n) is 4.45. The van der Waals surface area contributed by atoms with Crippen LogP contribution in [0.5, 0.6) is 0 Å². The lowest BCUT2D eigenvalue weighted by Gasteiger charge is -2.28. The molecular formula is C14H18FNO3. The molecular weight excluding hydrogens is 249 g/mol. The van der Waals surface area contributed by atoms with Crippen molar-refractivity contribution in [3.8, 4) is 0 Å². The maximum absolute atomic E-state index is 13.0. The van der Waals surface area contributed by atoms with E-state index in [9.17, 15) is 19.1 Å². The van der Waals surface area contributed by atoms with Crippen molar-refractivity contribution in [2.75, 3.05) is 0 Å². The van der Waals surface area contributed by atoms with Gasteiger partial charge in [-0.15, -0.1) is 0 Å². The first-order chi connectivity index (χ1) is 8.93. The molecule has 0 atom stereocenters. The van der Waals surface area contributed by atoms with Gasteiger partial charge in [0.15, 0.2) is 0 Å². The fraction of sp³-hybridized carbons (Fsp3) is 0.429. The van der Waals surface area contributed by atoms with Gasteiger partial charge in [-0.25, -0.2) is 9.18 Å². The summed E-state index contributed by atoms with van der Waals surface area (Å²) < 4.78 is 13.0. The molecule has 0 aliphatic carbocycles. The minimum absolute atomic E-state index is 0.0349. The number of hydrogen-bond donors (Lipinski definition) is 2. The molecule has 0 radical (unpaired) electrons. The number of benzene rings is 1. The van der Waals surface area contributed by atoms with Crippen molar-refractivity contribution in [1.82, 2.24) is 5.32 Å². The molecule has 19 heavy (non-hydrogen) atoms. The number of aliphatic carboxylic acids is 1. The summed E-state index contributed by atoms with van der Waals surface area (Å²) in [6.07, 6.45) is 0.564. The third kappa shape index (κ3) is 3.77. The maximum Gasteiger partial charge on any atom is 0.329 e. The Bertz CT molecular complexity index is 470. The third-order valence-electron chi connectivity index (χ3n) is 3.25. The molecule has 0 spiro atoms. The zero-order valence-electron chi connectivity index (χ0n) is 11.1. The lowest BCUT2D eigenvalue weighted by Crippen LogP contribution is -2.54. The van der Waals surface area contributed by atoms with Crippen LogP contribution in [0.1, 0.15) is 32.3 Å². The molecule has 2 N–H and O–H groups in total. The normalized spacial score (nSPS) is 11.1. The second kappa shape index (κ2) is 6.31. The Labute approximate surface area is 111 Å². The summed E-state index contributed by atoms with van der Waals surface area (Å²) in [6, 6.07) is 5.70. The zero-order valence-corrected chi connectivity index (χ0v) is 11.1. The highest BCUT2D eigenvalue weighted by atomic mass is 19.1. The van der Waals surface area contributed by atoms with Gasteiger partial charge in [0, 0.05) is 0 Å². The number of rotatable bonds is 6. The van der Waals surface area contributed by atoms with E-state index >= 15 is 0 Å². The van der Waals surface area contributed by atoms with E-state index in [1.165, 1.54) is 18.2 Å². The fourth-order valence-corrected chi connectivity index (χ4v) is 1.93. The molecule has 104 valence electrons. The van der Waals surface area contributed by atoms with Gasteiger partial charge < -0.3 is 10.4 Å². The summed E-state index contributed by atoms with van der Waals surface area (Å²) in [5.74, 6) is -1.89. The first-order valence-electron chi connectivity index (χ1n) is 6.22. The van der Waals surface area contributed by atoms with Gasteiger partial charge in [0.2, 0.25) is 5.91 Å². The Hall–Kier alpha value is -1.91. The molecule has 0 aromatic heterocycles. The van der Waals surface area contributed by atoms with Crippen LogP contribution in [0.15, 0.2) is 24.3 Å². The Balaban J connectivity index is 2.76. The molecule has 1 aromatic rings. The number of carbonyl (C=O) groups excluding carboxylic acids is 1. The summed E-state index contributed by atoms with van der Waals surface area (Å²) in [4.78, 5) is 23.1. The molecule has 0 aliphatic rings. The van der Waals surface area contributed by atoms with Crippen LogP contribution in [0.4, 0.5) is 4.39 Å². The van der Waals surface area contributed by atoms with Crippen LogP contribution in [0.2, 0.25) is 0 Å². The molecule has 1 amide bonds. The second-order valence-corrected chi connectivity index (χ2v) is 4.45. The summed E-state index contributed by atoms with van der Waals surface area (Å²) in [6.45, 7) is 3.42. The number of carboxylic acids is 1. The lowest BCUT2D eigenvalue weighted by molar-refractivity contribution is -0.148. The number of hydrogen-bond acceptors (Lipinski definition) is 2. The molecule has 0 saturated carbocycles. The van der Waals surface area contributed by atoms with E-state index in [0.717, 1.165) is 0 Å². The van der Waals surface area contributed by atoms with Crippen LogP contribution >= 0.6 is 0 Å². The van der Waals surface area contributed by atoms with Crippen molar-refractivity contribution in [3.05, 3.63) is 35.6 Å². The molecule has 0 heterocycles. The van der Waals surface area contributed by atoms with Crippen LogP contribution < -0.4 is 5.32 Å². The van der Waals surface area contributed by atoms with Gasteiger partial charge in [-0.3, -0.25) is 4.79 Å². The molecule has 5 heteroatoms. The molecule has 0 saturated heterocycles. The standard InChI is InChI=1S/C14H18FNO3/c1-3-14(4-2,13(18)19)16-12(17)9-10-6-5-7-11(15)8-10/h5-8H,3-4,9H2,1-2H3,(H,16,17)(H,18,19). The molecule has 0 aliphatic heterocycles. The molecule has 0 fully saturated rings. The Morgan fingerprint density at radius 3 is 2.42 bits per heavy atom. The smallest absolute Gasteiger partial charge is 0.329 e. The number of carbonyl (C=O) groups is 2. The van der Waals surface area contributed by atoms with Crippen molar-refractivity contribution in [2.45, 2.75) is 38.6 Å². The van der Waals surface area contributed by atoms with Crippen molar-refractivity contribution < 1.29 is 19.1 Å². The minimum atomic E-state index is -1.25. The van der Waals surface area contributed by atoms with Gasteiger partial charge in [-0.1, -0.05) is 26.0 Å². The molecule has 0 bridgehead atoms. The van der Waals surface area contributed by atoms with Crippen LogP contribution in [0, 0.1) is 5.82 Å². The predicted octanol–water partition coefficient (Wildman–Crippen LogP) is 2.13. The largest absolute Gasteiger partial charge is 0.480 e. The third-order valence-corrected chi connectivity index (χ3v) is 3.25. The quantitative estimate of drug-likeness (QED) is 0.829. The predicted molar refractivity (Wildman–Crippen MR) is 69.2 cm³/mol. The van der Waals surface area contributed by atoms with Crippen LogP contribution in [-0.4, -0.2) is 22.5 Å². The van der Waals surface area contributed by atoms with Gasteiger partial charge in [0.25, 0.3) is 0 Å². The number of halogens is 1. The summed E-state index contributed by atoms with van der Waals surface area (Å²) in [7, 11) is 0. The lowest BCUT2D eigenvalue weighted by atomic mass is 9.92. The number of amides is 1. The molecule has 0 unspecified atom stereocenters. The molecule has 1 rings (SSSR count). The van der Waals surface area contributed by atoms with Gasteiger partial charge in [0.1, 0.15) is 11.4 Å². The SMILES string of the molecule is CCC(CC)(NC(=O)Cc1cccc(F)c1)C(=O)O. The summed E-state index contributed by atoms with van der Waals surface area (Å²) >= 11 is 0. The fourth-order valence-electron chi connectivity index (χ4n) is 1.93. The zero-order chi connectivity index (χ0) is 14.5. The molecule has 4 nitrogen and oxygen atoms in total. The highest BCUT2D eigenvalue weighted by Crippen LogP contribution is 2.16. The van der Waals surface area contributed by atoms with Crippen LogP contribution in [0.3, 0.4) is 0 Å². The van der Waals surface area contributed by atoms with Crippen molar-refractivity contribution in [2.24, 2.45) is 0 Å². The first-order valence-corrected chi connectivity index (χ1v) is 6.22. The van der Waals surface area contributed by atoms with Crippen molar-refractivity contribution in [3.63, 3.8) is 0 Å². The van der Waals surface area contributed by atoms with E-state index in [4.69, 9.17) is 0 Å². The highest BCUT2D eigenvalue weighted by Gasteiger charge is 2.36. The maximum atomic E-state index is 13.0. The van der Waals surface area contributed by atoms with Crippen LogP contribution in [-0.2, 0) is 16.0 Å². The van der Waals surface area contributed by atoms with Crippen molar-refractivity contribution >= 4 is 11.9 Å². The van der Waals surface area contributed by atoms with E-state index in [1.54, 1.807) is 19.9 Å².